The van der Waals surface area contributed by atoms with Crippen molar-refractivity contribution in [1.29, 1.82) is 0 Å². The molecule has 1 fully saturated rings. The van der Waals surface area contributed by atoms with Crippen LogP contribution < -0.4 is 11.1 Å². The lowest BCUT2D eigenvalue weighted by Crippen LogP contribution is -2.41. The number of nitrogens with one attached hydrogen (secondary N) is 1. The first kappa shape index (κ1) is 27.8. The van der Waals surface area contributed by atoms with Crippen LogP contribution in [0.3, 0.4) is 0 Å². The highest BCUT2D eigenvalue weighted by Gasteiger charge is 2.21. The number of nitrogens with zero attached hydrogens (tertiary/aromatic N) is 3. The van der Waals surface area contributed by atoms with Crippen molar-refractivity contribution in [3.05, 3.63) is 57.7 Å². The zero-order chi connectivity index (χ0) is 18.6. The molecule has 5 nitrogen and oxygen atoms in total. The number of piperidine rings is 1. The highest BCUT2D eigenvalue weighted by molar-refractivity contribution is 14.1. The van der Waals surface area contributed by atoms with Gasteiger partial charge in [-0.2, -0.15) is 0 Å². The zero-order valence-corrected chi connectivity index (χ0v) is 24.0. The maximum Gasteiger partial charge on any atom is 0.204 e. The summed E-state index contributed by atoms with van der Waals surface area (Å²) in [6.07, 6.45) is 2.26. The summed E-state index contributed by atoms with van der Waals surface area (Å²) in [4.78, 5) is 7.36. The molecule has 0 unspecified atom stereocenters. The highest BCUT2D eigenvalue weighted by atomic mass is 127. The summed E-state index contributed by atoms with van der Waals surface area (Å²) in [5.41, 5.74) is 9.24. The number of imidazole rings is 1. The molecule has 0 radical (unpaired) electrons. The maximum atomic E-state index is 5.69. The smallest absolute Gasteiger partial charge is 0.204 e. The van der Waals surface area contributed by atoms with Gasteiger partial charge in [0.2, 0.25) is 5.95 Å². The second-order valence-electron chi connectivity index (χ2n) is 7.15. The van der Waals surface area contributed by atoms with Crippen LogP contribution in [0, 0.1) is 3.57 Å². The summed E-state index contributed by atoms with van der Waals surface area (Å²) in [6, 6.07) is 17.4. The lowest BCUT2D eigenvalue weighted by atomic mass is 10.1. The van der Waals surface area contributed by atoms with Gasteiger partial charge in [0.05, 0.1) is 17.6 Å². The SMILES string of the molecule is Br.Br.Br.NCCN1CCC(Nc2nc3ccccc3n2Cc2ccccc2I)CC1. The molecule has 30 heavy (non-hydrogen) atoms. The predicted octanol–water partition coefficient (Wildman–Crippen LogP) is 5.26. The molecule has 0 amide bonds. The number of nitrogens with two attached hydrogens (primary N) is 1. The number of halogens is 4. The van der Waals surface area contributed by atoms with Crippen molar-refractivity contribution in [1.82, 2.24) is 14.5 Å². The minimum Gasteiger partial charge on any atom is -0.353 e. The Morgan fingerprint density at radius 2 is 1.67 bits per heavy atom. The van der Waals surface area contributed by atoms with Gasteiger partial charge >= 0.3 is 0 Å². The number of rotatable bonds is 6. The molecular formula is C21H29Br3IN5. The number of likely N-dealkylation sites (tertiary alicyclic amines) is 1. The van der Waals surface area contributed by atoms with Crippen LogP contribution in [0.4, 0.5) is 5.95 Å². The lowest BCUT2D eigenvalue weighted by molar-refractivity contribution is 0.224. The summed E-state index contributed by atoms with van der Waals surface area (Å²) in [5, 5.41) is 3.73. The fourth-order valence-electron chi connectivity index (χ4n) is 3.81. The molecular weight excluding hydrogens is 689 g/mol. The number of aromatic nitrogens is 2. The molecule has 3 aromatic rings. The first-order valence-corrected chi connectivity index (χ1v) is 10.7. The fraction of sp³-hybridized carbons (Fsp3) is 0.381. The summed E-state index contributed by atoms with van der Waals surface area (Å²) in [7, 11) is 0. The Hall–Kier alpha value is -0.200. The molecule has 4 rings (SSSR count). The Balaban J connectivity index is 0.00000150. The third kappa shape index (κ3) is 6.65. The quantitative estimate of drug-likeness (QED) is 0.342. The Morgan fingerprint density at radius 3 is 2.37 bits per heavy atom. The van der Waals surface area contributed by atoms with Gasteiger partial charge in [-0.05, 0) is 59.2 Å². The van der Waals surface area contributed by atoms with Crippen LogP contribution in [0.15, 0.2) is 48.5 Å². The second-order valence-corrected chi connectivity index (χ2v) is 8.31. The van der Waals surface area contributed by atoms with Gasteiger partial charge in [0.1, 0.15) is 0 Å². The Labute approximate surface area is 223 Å². The Morgan fingerprint density at radius 1 is 1.00 bits per heavy atom. The van der Waals surface area contributed by atoms with Crippen LogP contribution in [0.25, 0.3) is 11.0 Å². The molecule has 1 aliphatic heterocycles. The van der Waals surface area contributed by atoms with E-state index in [9.17, 15) is 0 Å². The van der Waals surface area contributed by atoms with Gasteiger partial charge in [0.25, 0.3) is 0 Å². The molecule has 2 aromatic carbocycles. The fourth-order valence-corrected chi connectivity index (χ4v) is 4.37. The van der Waals surface area contributed by atoms with Gasteiger partial charge in [0.15, 0.2) is 0 Å². The van der Waals surface area contributed by atoms with Crippen LogP contribution in [-0.4, -0.2) is 46.7 Å². The van der Waals surface area contributed by atoms with Gasteiger partial charge in [-0.1, -0.05) is 30.3 Å². The molecule has 1 aromatic heterocycles. The van der Waals surface area contributed by atoms with Crippen molar-refractivity contribution in [2.24, 2.45) is 5.73 Å². The van der Waals surface area contributed by atoms with Crippen LogP contribution in [0.5, 0.6) is 0 Å². The standard InChI is InChI=1S/C21H26IN5.3BrH/c22-18-6-2-1-5-16(18)15-27-20-8-4-3-7-19(20)25-21(27)24-17-9-12-26(13-10-17)14-11-23;;;/h1-8,17H,9-15,23H2,(H,24,25);3*1H. The molecule has 1 saturated heterocycles. The zero-order valence-electron chi connectivity index (χ0n) is 16.7. The molecule has 0 saturated carbocycles. The average molecular weight is 718 g/mol. The van der Waals surface area contributed by atoms with Gasteiger partial charge in [0, 0.05) is 35.8 Å². The van der Waals surface area contributed by atoms with E-state index in [1.165, 1.54) is 14.7 Å². The van der Waals surface area contributed by atoms with E-state index in [1.54, 1.807) is 0 Å². The number of hydrogen-bond donors (Lipinski definition) is 2. The van der Waals surface area contributed by atoms with Crippen LogP contribution >= 0.6 is 73.5 Å². The number of anilines is 1. The van der Waals surface area contributed by atoms with Gasteiger partial charge in [-0.25, -0.2) is 4.98 Å². The topological polar surface area (TPSA) is 59.1 Å². The predicted molar refractivity (Wildman–Crippen MR) is 151 cm³/mol. The second kappa shape index (κ2) is 13.4. The van der Waals surface area contributed by atoms with Crippen molar-refractivity contribution >= 4 is 90.5 Å². The summed E-state index contributed by atoms with van der Waals surface area (Å²) in [5.74, 6) is 0.980. The molecule has 0 bridgehead atoms. The first-order valence-electron chi connectivity index (χ1n) is 9.62. The minimum absolute atomic E-state index is 0. The highest BCUT2D eigenvalue weighted by Crippen LogP contribution is 2.25. The van der Waals surface area contributed by atoms with Crippen molar-refractivity contribution in [2.75, 3.05) is 31.5 Å². The van der Waals surface area contributed by atoms with Crippen LogP contribution in [0.1, 0.15) is 18.4 Å². The van der Waals surface area contributed by atoms with Crippen molar-refractivity contribution < 1.29 is 0 Å². The van der Waals surface area contributed by atoms with E-state index in [4.69, 9.17) is 10.7 Å². The minimum atomic E-state index is 0. The van der Waals surface area contributed by atoms with E-state index >= 15 is 0 Å². The Kier molecular flexibility index (Phi) is 12.4. The van der Waals surface area contributed by atoms with E-state index < -0.39 is 0 Å². The third-order valence-corrected chi connectivity index (χ3v) is 6.36. The monoisotopic (exact) mass is 715 g/mol. The Bertz CT molecular complexity index is 913. The number of hydrogen-bond acceptors (Lipinski definition) is 4. The molecule has 0 aliphatic carbocycles. The summed E-state index contributed by atoms with van der Waals surface area (Å²) < 4.78 is 3.60. The van der Waals surface area contributed by atoms with E-state index in [0.29, 0.717) is 6.04 Å². The average Bonchev–Trinajstić information content (AvgIpc) is 3.03. The lowest BCUT2D eigenvalue weighted by Gasteiger charge is -2.32. The number of fused-ring (bicyclic) bond motifs is 1. The van der Waals surface area contributed by atoms with Gasteiger partial charge in [-0.15, -0.1) is 50.9 Å². The normalized spacial score (nSPS) is 14.5. The van der Waals surface area contributed by atoms with E-state index in [1.807, 2.05) is 0 Å². The van der Waals surface area contributed by atoms with Gasteiger partial charge in [-0.3, -0.25) is 0 Å². The third-order valence-electron chi connectivity index (χ3n) is 5.31. The summed E-state index contributed by atoms with van der Waals surface area (Å²) in [6.45, 7) is 4.77. The molecule has 2 heterocycles. The van der Waals surface area contributed by atoms with E-state index in [-0.39, 0.29) is 50.9 Å². The van der Waals surface area contributed by atoms with E-state index in [0.717, 1.165) is 57.0 Å². The van der Waals surface area contributed by atoms with Crippen molar-refractivity contribution in [2.45, 2.75) is 25.4 Å². The summed E-state index contributed by atoms with van der Waals surface area (Å²) >= 11 is 2.42. The van der Waals surface area contributed by atoms with Crippen molar-refractivity contribution in [3.8, 4) is 0 Å². The molecule has 0 atom stereocenters. The maximum absolute atomic E-state index is 5.69. The molecule has 166 valence electrons. The van der Waals surface area contributed by atoms with Crippen LogP contribution in [0.2, 0.25) is 0 Å². The number of benzene rings is 2. The first-order chi connectivity index (χ1) is 13.2. The van der Waals surface area contributed by atoms with E-state index in [2.05, 4.69) is 85.9 Å². The molecule has 0 spiro atoms. The molecule has 9 heteroatoms. The largest absolute Gasteiger partial charge is 0.353 e. The number of para-hydroxylation sites is 2. The van der Waals surface area contributed by atoms with Crippen molar-refractivity contribution in [3.63, 3.8) is 0 Å². The van der Waals surface area contributed by atoms with Crippen LogP contribution in [-0.2, 0) is 6.54 Å². The molecule has 3 N–H and O–H groups in total. The molecule has 1 aliphatic rings. The van der Waals surface area contributed by atoms with Gasteiger partial charge < -0.3 is 20.5 Å².